The molecule has 0 spiro atoms. The van der Waals surface area contributed by atoms with Crippen LogP contribution in [-0.4, -0.2) is 39.5 Å². The molecule has 0 aliphatic carbocycles. The Hall–Kier alpha value is -2.48. The van der Waals surface area contributed by atoms with Gasteiger partial charge in [0.05, 0.1) is 15.0 Å². The van der Waals surface area contributed by atoms with Crippen LogP contribution in [-0.2, 0) is 19.9 Å². The lowest BCUT2D eigenvalue weighted by Gasteiger charge is -2.17. The fourth-order valence-corrected chi connectivity index (χ4v) is 6.99. The molecule has 156 valence electrons. The van der Waals surface area contributed by atoms with Crippen molar-refractivity contribution in [2.45, 2.75) is 28.4 Å². The van der Waals surface area contributed by atoms with Crippen LogP contribution in [0.15, 0.2) is 88.7 Å². The SMILES string of the molecule is Cc1ccc(-c2ccc(S(=O)(=O)N3CCC(S(=O)(=O)c4ccccc4)C3)cc2)cc1. The van der Waals surface area contributed by atoms with Gasteiger partial charge in [0.1, 0.15) is 0 Å². The molecule has 0 bridgehead atoms. The molecule has 0 saturated carbocycles. The van der Waals surface area contributed by atoms with Gasteiger partial charge in [-0.15, -0.1) is 0 Å². The minimum absolute atomic E-state index is 0.0285. The molecule has 4 rings (SSSR count). The maximum absolute atomic E-state index is 13.1. The Kier molecular flexibility index (Phi) is 5.53. The minimum atomic E-state index is -3.75. The summed E-state index contributed by atoms with van der Waals surface area (Å²) in [4.78, 5) is 0.410. The molecule has 3 aromatic carbocycles. The first-order chi connectivity index (χ1) is 14.3. The van der Waals surface area contributed by atoms with Crippen LogP contribution in [0.1, 0.15) is 12.0 Å². The second kappa shape index (κ2) is 7.98. The molecule has 7 heteroatoms. The number of hydrogen-bond acceptors (Lipinski definition) is 4. The number of aryl methyl sites for hydroxylation is 1. The van der Waals surface area contributed by atoms with E-state index in [-0.39, 0.29) is 29.3 Å². The summed E-state index contributed by atoms with van der Waals surface area (Å²) in [6, 6.07) is 23.0. The van der Waals surface area contributed by atoms with Gasteiger partial charge in [-0.25, -0.2) is 16.8 Å². The van der Waals surface area contributed by atoms with Crippen molar-refractivity contribution in [2.24, 2.45) is 0 Å². The van der Waals surface area contributed by atoms with Crippen LogP contribution in [0.2, 0.25) is 0 Å². The van der Waals surface area contributed by atoms with Crippen molar-refractivity contribution in [3.8, 4) is 11.1 Å². The Morgan fingerprint density at radius 2 is 1.30 bits per heavy atom. The maximum atomic E-state index is 13.1. The predicted molar refractivity (Wildman–Crippen MR) is 117 cm³/mol. The van der Waals surface area contributed by atoms with E-state index in [1.807, 2.05) is 31.2 Å². The average molecular weight is 442 g/mol. The Balaban J connectivity index is 1.54. The molecule has 5 nitrogen and oxygen atoms in total. The standard InChI is InChI=1S/C23H23NO4S2/c1-18-7-9-19(10-8-18)20-11-13-22(14-12-20)30(27,28)24-16-15-23(17-24)29(25,26)21-5-3-2-4-6-21/h2-14,23H,15-17H2,1H3. The summed E-state index contributed by atoms with van der Waals surface area (Å²) < 4.78 is 53.1. The molecule has 0 aromatic heterocycles. The van der Waals surface area contributed by atoms with Crippen LogP contribution in [0.25, 0.3) is 11.1 Å². The summed E-state index contributed by atoms with van der Waals surface area (Å²) in [5.74, 6) is 0. The van der Waals surface area contributed by atoms with Gasteiger partial charge in [0.2, 0.25) is 10.0 Å². The Morgan fingerprint density at radius 1 is 0.733 bits per heavy atom. The first-order valence-corrected chi connectivity index (χ1v) is 12.7. The van der Waals surface area contributed by atoms with Crippen molar-refractivity contribution in [3.05, 3.63) is 84.4 Å². The molecule has 1 atom stereocenters. The second-order valence-electron chi connectivity index (χ2n) is 7.52. The van der Waals surface area contributed by atoms with Gasteiger partial charge in [0, 0.05) is 13.1 Å². The topological polar surface area (TPSA) is 71.5 Å². The fraction of sp³-hybridized carbons (Fsp3) is 0.217. The first-order valence-electron chi connectivity index (χ1n) is 9.75. The van der Waals surface area contributed by atoms with E-state index in [0.29, 0.717) is 0 Å². The lowest BCUT2D eigenvalue weighted by Crippen LogP contribution is -2.32. The Labute approximate surface area is 178 Å². The molecule has 30 heavy (non-hydrogen) atoms. The van der Waals surface area contributed by atoms with Crippen LogP contribution < -0.4 is 0 Å². The summed E-state index contributed by atoms with van der Waals surface area (Å²) in [5, 5.41) is -0.735. The van der Waals surface area contributed by atoms with Gasteiger partial charge in [-0.3, -0.25) is 0 Å². The number of sulfone groups is 1. The molecule has 1 aliphatic heterocycles. The van der Waals surface area contributed by atoms with E-state index >= 15 is 0 Å². The van der Waals surface area contributed by atoms with E-state index in [0.717, 1.165) is 16.7 Å². The van der Waals surface area contributed by atoms with E-state index in [1.165, 1.54) is 4.31 Å². The molecular formula is C23H23NO4S2. The highest BCUT2D eigenvalue weighted by Gasteiger charge is 2.39. The van der Waals surface area contributed by atoms with Crippen molar-refractivity contribution in [1.29, 1.82) is 0 Å². The van der Waals surface area contributed by atoms with E-state index in [2.05, 4.69) is 0 Å². The van der Waals surface area contributed by atoms with E-state index < -0.39 is 25.1 Å². The third-order valence-electron chi connectivity index (χ3n) is 5.50. The van der Waals surface area contributed by atoms with Gasteiger partial charge in [0.25, 0.3) is 0 Å². The molecule has 1 fully saturated rings. The van der Waals surface area contributed by atoms with Gasteiger partial charge in [-0.1, -0.05) is 60.2 Å². The minimum Gasteiger partial charge on any atom is -0.223 e. The normalized spacial score (nSPS) is 17.8. The zero-order valence-corrected chi connectivity index (χ0v) is 18.2. The van der Waals surface area contributed by atoms with Crippen LogP contribution in [0.3, 0.4) is 0 Å². The molecule has 0 N–H and O–H groups in total. The highest BCUT2D eigenvalue weighted by Crippen LogP contribution is 2.29. The van der Waals surface area contributed by atoms with Crippen LogP contribution >= 0.6 is 0 Å². The number of sulfonamides is 1. The van der Waals surface area contributed by atoms with Crippen molar-refractivity contribution < 1.29 is 16.8 Å². The number of benzene rings is 3. The van der Waals surface area contributed by atoms with Crippen LogP contribution in [0.5, 0.6) is 0 Å². The zero-order chi connectivity index (χ0) is 21.4. The molecule has 3 aromatic rings. The second-order valence-corrected chi connectivity index (χ2v) is 11.7. The lowest BCUT2D eigenvalue weighted by molar-refractivity contribution is 0.476. The number of hydrogen-bond donors (Lipinski definition) is 0. The molecule has 1 unspecified atom stereocenters. The van der Waals surface area contributed by atoms with Crippen molar-refractivity contribution in [1.82, 2.24) is 4.31 Å². The smallest absolute Gasteiger partial charge is 0.223 e. The van der Waals surface area contributed by atoms with Crippen molar-refractivity contribution in [2.75, 3.05) is 13.1 Å². The monoisotopic (exact) mass is 441 g/mol. The summed E-state index contributed by atoms with van der Waals surface area (Å²) in [6.45, 7) is 2.18. The quantitative estimate of drug-likeness (QED) is 0.602. The maximum Gasteiger partial charge on any atom is 0.243 e. The van der Waals surface area contributed by atoms with Crippen molar-refractivity contribution in [3.63, 3.8) is 0 Å². The van der Waals surface area contributed by atoms with Gasteiger partial charge < -0.3 is 0 Å². The summed E-state index contributed by atoms with van der Waals surface area (Å²) >= 11 is 0. The third-order valence-corrected chi connectivity index (χ3v) is 9.57. The zero-order valence-electron chi connectivity index (χ0n) is 16.6. The lowest BCUT2D eigenvalue weighted by atomic mass is 10.0. The van der Waals surface area contributed by atoms with Gasteiger partial charge >= 0.3 is 0 Å². The first kappa shape index (κ1) is 20.8. The highest BCUT2D eigenvalue weighted by molar-refractivity contribution is 7.92. The molecular weight excluding hydrogens is 418 g/mol. The predicted octanol–water partition coefficient (Wildman–Crippen LogP) is 3.90. The molecule has 1 heterocycles. The van der Waals surface area contributed by atoms with Gasteiger partial charge in [-0.05, 0) is 48.7 Å². The summed E-state index contributed by atoms with van der Waals surface area (Å²) in [5.41, 5.74) is 3.10. The highest BCUT2D eigenvalue weighted by atomic mass is 32.2. The van der Waals surface area contributed by atoms with Crippen molar-refractivity contribution >= 4 is 19.9 Å². The van der Waals surface area contributed by atoms with Gasteiger partial charge in [-0.2, -0.15) is 4.31 Å². The summed E-state index contributed by atoms with van der Waals surface area (Å²) in [6.07, 6.45) is 0.290. The third kappa shape index (κ3) is 3.93. The molecule has 0 radical (unpaired) electrons. The number of nitrogens with zero attached hydrogens (tertiary/aromatic N) is 1. The largest absolute Gasteiger partial charge is 0.243 e. The fourth-order valence-electron chi connectivity index (χ4n) is 3.69. The average Bonchev–Trinajstić information content (AvgIpc) is 3.27. The van der Waals surface area contributed by atoms with Crippen LogP contribution in [0, 0.1) is 6.92 Å². The van der Waals surface area contributed by atoms with E-state index in [1.54, 1.807) is 54.6 Å². The van der Waals surface area contributed by atoms with Gasteiger partial charge in [0.15, 0.2) is 9.84 Å². The number of rotatable bonds is 5. The molecule has 1 aliphatic rings. The Bertz CT molecular complexity index is 1230. The van der Waals surface area contributed by atoms with Crippen LogP contribution in [0.4, 0.5) is 0 Å². The molecule has 0 amide bonds. The van der Waals surface area contributed by atoms with E-state index in [4.69, 9.17) is 0 Å². The Morgan fingerprint density at radius 3 is 1.90 bits per heavy atom. The summed E-state index contributed by atoms with van der Waals surface area (Å²) in [7, 11) is -7.32. The van der Waals surface area contributed by atoms with E-state index in [9.17, 15) is 16.8 Å². The molecule has 1 saturated heterocycles.